The average Bonchev–Trinajstić information content (AvgIpc) is 2.62. The fourth-order valence-corrected chi connectivity index (χ4v) is 3.52. The molecule has 1 nitrogen and oxygen atoms in total. The molecule has 1 heteroatoms. The SMILES string of the molecule is CCCCCCCCCCCC[C@@H](O)c1cccc2ccccc12. The smallest absolute Gasteiger partial charge is 0.0796 e. The second-order valence-electron chi connectivity index (χ2n) is 7.05. The first-order valence-corrected chi connectivity index (χ1v) is 9.98. The van der Waals surface area contributed by atoms with Crippen LogP contribution in [0.5, 0.6) is 0 Å². The molecule has 0 bridgehead atoms. The first-order valence-electron chi connectivity index (χ1n) is 9.98. The van der Waals surface area contributed by atoms with Crippen LogP contribution >= 0.6 is 0 Å². The van der Waals surface area contributed by atoms with Crippen LogP contribution in [0.25, 0.3) is 10.8 Å². The standard InChI is InChI=1S/C23H34O/c1-2-3-4-5-6-7-8-9-10-11-19-23(24)22-18-14-16-20-15-12-13-17-21(20)22/h12-18,23-24H,2-11,19H2,1H3/t23-/m1/s1. The molecule has 0 aliphatic rings. The van der Waals surface area contributed by atoms with E-state index in [2.05, 4.69) is 49.4 Å². The lowest BCUT2D eigenvalue weighted by Gasteiger charge is -2.13. The summed E-state index contributed by atoms with van der Waals surface area (Å²) in [5.74, 6) is 0. The van der Waals surface area contributed by atoms with Gasteiger partial charge in [0, 0.05) is 0 Å². The molecule has 0 aromatic heterocycles. The summed E-state index contributed by atoms with van der Waals surface area (Å²) in [6.45, 7) is 2.27. The number of aliphatic hydroxyl groups excluding tert-OH is 1. The first-order chi connectivity index (χ1) is 11.8. The lowest BCUT2D eigenvalue weighted by Crippen LogP contribution is -1.98. The fourth-order valence-electron chi connectivity index (χ4n) is 3.52. The Balaban J connectivity index is 1.62. The third-order valence-corrected chi connectivity index (χ3v) is 5.01. The van der Waals surface area contributed by atoms with Crippen LogP contribution in [0.4, 0.5) is 0 Å². The van der Waals surface area contributed by atoms with Crippen LogP contribution in [0.1, 0.15) is 89.2 Å². The van der Waals surface area contributed by atoms with Crippen molar-refractivity contribution in [3.05, 3.63) is 48.0 Å². The fraction of sp³-hybridized carbons (Fsp3) is 0.565. The van der Waals surface area contributed by atoms with E-state index < -0.39 is 0 Å². The summed E-state index contributed by atoms with van der Waals surface area (Å²) in [6, 6.07) is 14.6. The van der Waals surface area contributed by atoms with Gasteiger partial charge in [-0.1, -0.05) is 114 Å². The maximum atomic E-state index is 10.5. The van der Waals surface area contributed by atoms with Gasteiger partial charge in [-0.05, 0) is 22.8 Å². The Hall–Kier alpha value is -1.34. The van der Waals surface area contributed by atoms with E-state index >= 15 is 0 Å². The van der Waals surface area contributed by atoms with Gasteiger partial charge in [0.05, 0.1) is 6.10 Å². The van der Waals surface area contributed by atoms with Crippen LogP contribution in [0.15, 0.2) is 42.5 Å². The van der Waals surface area contributed by atoms with Gasteiger partial charge >= 0.3 is 0 Å². The largest absolute Gasteiger partial charge is 0.388 e. The summed E-state index contributed by atoms with van der Waals surface area (Å²) in [6.07, 6.45) is 13.9. The predicted molar refractivity (Wildman–Crippen MR) is 105 cm³/mol. The normalized spacial score (nSPS) is 12.6. The van der Waals surface area contributed by atoms with E-state index in [1.807, 2.05) is 0 Å². The molecule has 0 saturated heterocycles. The van der Waals surface area contributed by atoms with Gasteiger partial charge < -0.3 is 5.11 Å². The molecular formula is C23H34O. The van der Waals surface area contributed by atoms with Gasteiger partial charge in [-0.15, -0.1) is 0 Å². The van der Waals surface area contributed by atoms with Gasteiger partial charge in [-0.3, -0.25) is 0 Å². The zero-order valence-corrected chi connectivity index (χ0v) is 15.3. The highest BCUT2D eigenvalue weighted by atomic mass is 16.3. The number of aliphatic hydroxyl groups is 1. The summed E-state index contributed by atoms with van der Waals surface area (Å²) < 4.78 is 0. The second kappa shape index (κ2) is 11.3. The second-order valence-corrected chi connectivity index (χ2v) is 7.05. The Bertz CT molecular complexity index is 570. The molecule has 0 aliphatic carbocycles. The molecule has 0 radical (unpaired) electrons. The molecule has 0 fully saturated rings. The molecule has 0 unspecified atom stereocenters. The maximum Gasteiger partial charge on any atom is 0.0796 e. The van der Waals surface area contributed by atoms with Crippen molar-refractivity contribution >= 4 is 10.8 Å². The van der Waals surface area contributed by atoms with Crippen molar-refractivity contribution in [2.24, 2.45) is 0 Å². The number of hydrogen-bond donors (Lipinski definition) is 1. The summed E-state index contributed by atoms with van der Waals surface area (Å²) in [4.78, 5) is 0. The lowest BCUT2D eigenvalue weighted by atomic mass is 9.96. The van der Waals surface area contributed by atoms with E-state index in [9.17, 15) is 5.11 Å². The van der Waals surface area contributed by atoms with Crippen molar-refractivity contribution in [2.75, 3.05) is 0 Å². The van der Waals surface area contributed by atoms with Crippen molar-refractivity contribution in [3.63, 3.8) is 0 Å². The summed E-state index contributed by atoms with van der Waals surface area (Å²) in [7, 11) is 0. The highest BCUT2D eigenvalue weighted by Gasteiger charge is 2.10. The molecule has 0 spiro atoms. The third kappa shape index (κ3) is 6.28. The highest BCUT2D eigenvalue weighted by molar-refractivity contribution is 5.85. The van der Waals surface area contributed by atoms with E-state index in [4.69, 9.17) is 0 Å². The monoisotopic (exact) mass is 326 g/mol. The predicted octanol–water partition coefficient (Wildman–Crippen LogP) is 7.18. The average molecular weight is 327 g/mol. The number of rotatable bonds is 12. The number of benzene rings is 2. The Kier molecular flexibility index (Phi) is 8.91. The van der Waals surface area contributed by atoms with Crippen molar-refractivity contribution in [3.8, 4) is 0 Å². The topological polar surface area (TPSA) is 20.2 Å². The molecule has 0 saturated carbocycles. The van der Waals surface area contributed by atoms with Gasteiger partial charge in [0.25, 0.3) is 0 Å². The first kappa shape index (κ1) is 19.0. The van der Waals surface area contributed by atoms with E-state index in [0.717, 1.165) is 18.4 Å². The van der Waals surface area contributed by atoms with Crippen LogP contribution in [0.3, 0.4) is 0 Å². The van der Waals surface area contributed by atoms with Crippen LogP contribution in [-0.2, 0) is 0 Å². The van der Waals surface area contributed by atoms with E-state index in [1.165, 1.54) is 68.6 Å². The quantitative estimate of drug-likeness (QED) is 0.409. The molecule has 1 N–H and O–H groups in total. The lowest BCUT2D eigenvalue weighted by molar-refractivity contribution is 0.165. The summed E-state index contributed by atoms with van der Waals surface area (Å²) in [5.41, 5.74) is 1.09. The van der Waals surface area contributed by atoms with E-state index in [-0.39, 0.29) is 6.10 Å². The Labute approximate surface area is 148 Å². The Morgan fingerprint density at radius 1 is 0.708 bits per heavy atom. The van der Waals surface area contributed by atoms with Gasteiger partial charge in [0.2, 0.25) is 0 Å². The molecule has 0 amide bonds. The van der Waals surface area contributed by atoms with E-state index in [0.29, 0.717) is 0 Å². The molecule has 0 aliphatic heterocycles. The minimum absolute atomic E-state index is 0.329. The zero-order chi connectivity index (χ0) is 17.0. The van der Waals surface area contributed by atoms with Crippen LogP contribution in [-0.4, -0.2) is 5.11 Å². The van der Waals surface area contributed by atoms with E-state index in [1.54, 1.807) is 0 Å². The van der Waals surface area contributed by atoms with Crippen molar-refractivity contribution in [2.45, 2.75) is 83.7 Å². The summed E-state index contributed by atoms with van der Waals surface area (Å²) in [5, 5.41) is 13.0. The number of fused-ring (bicyclic) bond motifs is 1. The maximum absolute atomic E-state index is 10.5. The molecular weight excluding hydrogens is 292 g/mol. The van der Waals surface area contributed by atoms with Crippen LogP contribution in [0, 0.1) is 0 Å². The molecule has 24 heavy (non-hydrogen) atoms. The third-order valence-electron chi connectivity index (χ3n) is 5.01. The highest BCUT2D eigenvalue weighted by Crippen LogP contribution is 2.27. The van der Waals surface area contributed by atoms with Gasteiger partial charge in [-0.25, -0.2) is 0 Å². The molecule has 132 valence electrons. The van der Waals surface area contributed by atoms with Crippen LogP contribution in [0.2, 0.25) is 0 Å². The molecule has 1 atom stereocenters. The minimum atomic E-state index is -0.329. The molecule has 2 aromatic rings. The van der Waals surface area contributed by atoms with Gasteiger partial charge in [-0.2, -0.15) is 0 Å². The van der Waals surface area contributed by atoms with Crippen molar-refractivity contribution in [1.29, 1.82) is 0 Å². The molecule has 2 rings (SSSR count). The Morgan fingerprint density at radius 3 is 2.00 bits per heavy atom. The number of hydrogen-bond acceptors (Lipinski definition) is 1. The minimum Gasteiger partial charge on any atom is -0.388 e. The van der Waals surface area contributed by atoms with Gasteiger partial charge in [0.15, 0.2) is 0 Å². The molecule has 2 aromatic carbocycles. The number of unbranched alkanes of at least 4 members (excludes halogenated alkanes) is 9. The summed E-state index contributed by atoms with van der Waals surface area (Å²) >= 11 is 0. The van der Waals surface area contributed by atoms with Crippen molar-refractivity contribution < 1.29 is 5.11 Å². The van der Waals surface area contributed by atoms with Gasteiger partial charge in [0.1, 0.15) is 0 Å². The van der Waals surface area contributed by atoms with Crippen LogP contribution < -0.4 is 0 Å². The molecule has 0 heterocycles. The Morgan fingerprint density at radius 2 is 1.29 bits per heavy atom. The zero-order valence-electron chi connectivity index (χ0n) is 15.3. The van der Waals surface area contributed by atoms with Crippen molar-refractivity contribution in [1.82, 2.24) is 0 Å².